The van der Waals surface area contributed by atoms with Gasteiger partial charge in [0, 0.05) is 10.2 Å². The number of piperazine rings is 1. The fourth-order valence-electron chi connectivity index (χ4n) is 2.78. The smallest absolute Gasteiger partial charge is 0.250 e. The van der Waals surface area contributed by atoms with E-state index in [1.54, 1.807) is 4.90 Å². The first-order chi connectivity index (χ1) is 9.97. The van der Waals surface area contributed by atoms with Crippen LogP contribution in [-0.2, 0) is 9.59 Å². The highest BCUT2D eigenvalue weighted by atomic mass is 79.9. The molecule has 1 aliphatic rings. The number of benzene rings is 1. The van der Waals surface area contributed by atoms with E-state index in [0.29, 0.717) is 12.8 Å². The normalized spacial score (nSPS) is 22.4. The lowest BCUT2D eigenvalue weighted by Gasteiger charge is -2.38. The summed E-state index contributed by atoms with van der Waals surface area (Å²) in [4.78, 5) is 26.7. The zero-order valence-corrected chi connectivity index (χ0v) is 14.2. The summed E-state index contributed by atoms with van der Waals surface area (Å²) in [5, 5.41) is 2.86. The van der Waals surface area contributed by atoms with Crippen LogP contribution < -0.4 is 10.2 Å². The van der Waals surface area contributed by atoms with Gasteiger partial charge in [0.15, 0.2) is 0 Å². The molecular formula is C16H21BrN2O2. The van der Waals surface area contributed by atoms with Crippen LogP contribution in [0.5, 0.6) is 0 Å². The first-order valence-electron chi connectivity index (χ1n) is 7.38. The van der Waals surface area contributed by atoms with Crippen LogP contribution >= 0.6 is 15.9 Å². The second kappa shape index (κ2) is 6.60. The van der Waals surface area contributed by atoms with Crippen LogP contribution in [0.1, 0.15) is 38.7 Å². The Morgan fingerprint density at radius 3 is 2.52 bits per heavy atom. The van der Waals surface area contributed by atoms with E-state index in [9.17, 15) is 9.59 Å². The number of hydrogen-bond acceptors (Lipinski definition) is 2. The minimum absolute atomic E-state index is 0.0131. The van der Waals surface area contributed by atoms with Crippen LogP contribution in [0.3, 0.4) is 0 Å². The summed E-state index contributed by atoms with van der Waals surface area (Å²) in [6.07, 6.45) is 2.13. The van der Waals surface area contributed by atoms with Crippen molar-refractivity contribution in [3.05, 3.63) is 28.2 Å². The third-order valence-corrected chi connectivity index (χ3v) is 4.19. The van der Waals surface area contributed by atoms with E-state index >= 15 is 0 Å². The predicted molar refractivity (Wildman–Crippen MR) is 87.3 cm³/mol. The molecule has 1 heterocycles. The maximum absolute atomic E-state index is 12.7. The Bertz CT molecular complexity index is 539. The number of amides is 2. The quantitative estimate of drug-likeness (QED) is 0.904. The standard InChI is InChI=1S/C16H21BrN2O2/c1-4-6-13-16(21)19(14(5-2)15(20)18-13)12-8-10(3)7-11(17)9-12/h7-9,13-14H,4-6H2,1-3H3,(H,18,20). The number of nitrogens with zero attached hydrogens (tertiary/aromatic N) is 1. The van der Waals surface area contributed by atoms with Crippen LogP contribution in [0.25, 0.3) is 0 Å². The van der Waals surface area contributed by atoms with Crippen molar-refractivity contribution in [3.8, 4) is 0 Å². The van der Waals surface area contributed by atoms with Crippen molar-refractivity contribution in [1.82, 2.24) is 5.32 Å². The third kappa shape index (κ3) is 3.28. The van der Waals surface area contributed by atoms with E-state index in [0.717, 1.165) is 22.1 Å². The molecule has 1 saturated heterocycles. The van der Waals surface area contributed by atoms with Crippen LogP contribution in [0, 0.1) is 6.92 Å². The Hall–Kier alpha value is -1.36. The van der Waals surface area contributed by atoms with E-state index in [-0.39, 0.29) is 11.8 Å². The average Bonchev–Trinajstić information content (AvgIpc) is 2.41. The highest BCUT2D eigenvalue weighted by Gasteiger charge is 2.40. The highest BCUT2D eigenvalue weighted by Crippen LogP contribution is 2.28. The van der Waals surface area contributed by atoms with E-state index < -0.39 is 12.1 Å². The van der Waals surface area contributed by atoms with Crippen molar-refractivity contribution in [2.45, 2.75) is 52.1 Å². The molecule has 5 heteroatoms. The maximum atomic E-state index is 12.7. The van der Waals surface area contributed by atoms with Gasteiger partial charge in [0.25, 0.3) is 0 Å². The molecule has 0 aromatic heterocycles. The first-order valence-corrected chi connectivity index (χ1v) is 8.17. The van der Waals surface area contributed by atoms with Gasteiger partial charge in [-0.15, -0.1) is 0 Å². The SMILES string of the molecule is CCCC1NC(=O)C(CC)N(c2cc(C)cc(Br)c2)C1=O. The summed E-state index contributed by atoms with van der Waals surface area (Å²) in [6.45, 7) is 5.92. The number of halogens is 1. The Kier molecular flexibility index (Phi) is 5.04. The fourth-order valence-corrected chi connectivity index (χ4v) is 3.38. The second-order valence-corrected chi connectivity index (χ2v) is 6.38. The Morgan fingerprint density at radius 2 is 1.95 bits per heavy atom. The number of nitrogens with one attached hydrogen (secondary N) is 1. The number of aryl methyl sites for hydroxylation is 1. The van der Waals surface area contributed by atoms with Crippen LogP contribution in [-0.4, -0.2) is 23.9 Å². The molecule has 1 aromatic carbocycles. The van der Waals surface area contributed by atoms with E-state index in [4.69, 9.17) is 0 Å². The van der Waals surface area contributed by atoms with Gasteiger partial charge in [-0.1, -0.05) is 36.2 Å². The van der Waals surface area contributed by atoms with Gasteiger partial charge in [0.2, 0.25) is 11.8 Å². The summed E-state index contributed by atoms with van der Waals surface area (Å²) in [7, 11) is 0. The lowest BCUT2D eigenvalue weighted by molar-refractivity contribution is -0.134. The number of carbonyl (C=O) groups is 2. The largest absolute Gasteiger partial charge is 0.342 e. The molecule has 1 aliphatic heterocycles. The van der Waals surface area contributed by atoms with Gasteiger partial charge in [-0.05, 0) is 43.5 Å². The molecule has 4 nitrogen and oxygen atoms in total. The maximum Gasteiger partial charge on any atom is 0.250 e. The minimum atomic E-state index is -0.431. The molecule has 0 aliphatic carbocycles. The molecule has 0 saturated carbocycles. The van der Waals surface area contributed by atoms with Crippen molar-refractivity contribution in [1.29, 1.82) is 0 Å². The zero-order chi connectivity index (χ0) is 15.6. The Morgan fingerprint density at radius 1 is 1.24 bits per heavy atom. The Labute approximate surface area is 134 Å². The molecular weight excluding hydrogens is 332 g/mol. The third-order valence-electron chi connectivity index (χ3n) is 3.74. The summed E-state index contributed by atoms with van der Waals surface area (Å²) < 4.78 is 0.915. The van der Waals surface area contributed by atoms with Gasteiger partial charge in [-0.25, -0.2) is 0 Å². The molecule has 0 spiro atoms. The van der Waals surface area contributed by atoms with E-state index in [1.807, 2.05) is 39.0 Å². The minimum Gasteiger partial charge on any atom is -0.342 e. The molecule has 0 bridgehead atoms. The molecule has 21 heavy (non-hydrogen) atoms. The second-order valence-electron chi connectivity index (χ2n) is 5.47. The molecule has 2 amide bonds. The predicted octanol–water partition coefficient (Wildman–Crippen LogP) is 3.17. The zero-order valence-electron chi connectivity index (χ0n) is 12.6. The van der Waals surface area contributed by atoms with Crippen molar-refractivity contribution in [2.75, 3.05) is 4.90 Å². The van der Waals surface area contributed by atoms with Gasteiger partial charge < -0.3 is 5.32 Å². The fraction of sp³-hybridized carbons (Fsp3) is 0.500. The van der Waals surface area contributed by atoms with Crippen LogP contribution in [0.4, 0.5) is 5.69 Å². The molecule has 0 radical (unpaired) electrons. The summed E-state index contributed by atoms with van der Waals surface area (Å²) >= 11 is 3.46. The van der Waals surface area contributed by atoms with Gasteiger partial charge in [0.05, 0.1) is 0 Å². The van der Waals surface area contributed by atoms with Crippen molar-refractivity contribution in [3.63, 3.8) is 0 Å². The van der Waals surface area contributed by atoms with Crippen LogP contribution in [0.15, 0.2) is 22.7 Å². The van der Waals surface area contributed by atoms with Gasteiger partial charge in [-0.2, -0.15) is 0 Å². The van der Waals surface area contributed by atoms with Crippen molar-refractivity contribution >= 4 is 33.4 Å². The van der Waals surface area contributed by atoms with Crippen molar-refractivity contribution in [2.24, 2.45) is 0 Å². The number of hydrogen-bond donors (Lipinski definition) is 1. The summed E-state index contributed by atoms with van der Waals surface area (Å²) in [5.41, 5.74) is 1.84. The first kappa shape index (κ1) is 16.0. The van der Waals surface area contributed by atoms with Gasteiger partial charge in [-0.3, -0.25) is 14.5 Å². The lowest BCUT2D eigenvalue weighted by Crippen LogP contribution is -2.63. The average molecular weight is 353 g/mol. The van der Waals surface area contributed by atoms with Crippen LogP contribution in [0.2, 0.25) is 0 Å². The molecule has 1 fully saturated rings. The van der Waals surface area contributed by atoms with E-state index in [1.165, 1.54) is 0 Å². The Balaban J connectivity index is 2.43. The van der Waals surface area contributed by atoms with Gasteiger partial charge in [0.1, 0.15) is 12.1 Å². The summed E-state index contributed by atoms with van der Waals surface area (Å²) in [6, 6.07) is 4.99. The van der Waals surface area contributed by atoms with Gasteiger partial charge >= 0.3 is 0 Å². The number of rotatable bonds is 4. The van der Waals surface area contributed by atoms with E-state index in [2.05, 4.69) is 21.2 Å². The molecule has 2 rings (SSSR count). The number of carbonyl (C=O) groups excluding carboxylic acids is 2. The lowest BCUT2D eigenvalue weighted by atomic mass is 10.0. The molecule has 1 aromatic rings. The van der Waals surface area contributed by atoms with Crippen molar-refractivity contribution < 1.29 is 9.59 Å². The topological polar surface area (TPSA) is 49.4 Å². The monoisotopic (exact) mass is 352 g/mol. The summed E-state index contributed by atoms with van der Waals surface area (Å²) in [5.74, 6) is -0.0750. The molecule has 2 atom stereocenters. The highest BCUT2D eigenvalue weighted by molar-refractivity contribution is 9.10. The molecule has 114 valence electrons. The molecule has 1 N–H and O–H groups in total. The number of anilines is 1. The molecule has 2 unspecified atom stereocenters.